The molecular weight excluding hydrogens is 248 g/mol. The highest BCUT2D eigenvalue weighted by molar-refractivity contribution is 5.92. The van der Waals surface area contributed by atoms with Crippen LogP contribution < -0.4 is 0 Å². The van der Waals surface area contributed by atoms with Crippen LogP contribution in [0.4, 0.5) is 0 Å². The molecule has 1 fully saturated rings. The molecule has 19 heavy (non-hydrogen) atoms. The quantitative estimate of drug-likeness (QED) is 0.773. The number of nitrogens with zero attached hydrogens (tertiary/aromatic N) is 2. The molecule has 0 unspecified atom stereocenters. The molecule has 2 heterocycles. The first kappa shape index (κ1) is 13.6. The predicted molar refractivity (Wildman–Crippen MR) is 66.5 cm³/mol. The molecule has 1 aliphatic rings. The van der Waals surface area contributed by atoms with Gasteiger partial charge in [-0.2, -0.15) is 0 Å². The summed E-state index contributed by atoms with van der Waals surface area (Å²) in [6.07, 6.45) is 1.28. The molecule has 0 spiro atoms. The van der Waals surface area contributed by atoms with Crippen molar-refractivity contribution in [2.75, 3.05) is 19.7 Å². The second kappa shape index (κ2) is 5.86. The monoisotopic (exact) mass is 266 g/mol. The lowest BCUT2D eigenvalue weighted by molar-refractivity contribution is -0.149. The van der Waals surface area contributed by atoms with E-state index < -0.39 is 0 Å². The fourth-order valence-corrected chi connectivity index (χ4v) is 2.21. The van der Waals surface area contributed by atoms with Gasteiger partial charge in [0.25, 0.3) is 5.91 Å². The largest absolute Gasteiger partial charge is 0.466 e. The fourth-order valence-electron chi connectivity index (χ4n) is 2.21. The van der Waals surface area contributed by atoms with Crippen molar-refractivity contribution in [3.8, 4) is 0 Å². The van der Waals surface area contributed by atoms with Gasteiger partial charge in [0.1, 0.15) is 5.76 Å². The molecule has 1 aliphatic heterocycles. The maximum Gasteiger partial charge on any atom is 0.309 e. The molecule has 1 aromatic heterocycles. The lowest BCUT2D eigenvalue weighted by Gasteiger charge is -2.30. The number of carbonyl (C=O) groups is 2. The first-order valence-corrected chi connectivity index (χ1v) is 6.51. The van der Waals surface area contributed by atoms with E-state index in [-0.39, 0.29) is 17.8 Å². The molecule has 1 aromatic rings. The van der Waals surface area contributed by atoms with E-state index in [9.17, 15) is 9.59 Å². The zero-order chi connectivity index (χ0) is 13.8. The van der Waals surface area contributed by atoms with Crippen molar-refractivity contribution >= 4 is 11.9 Å². The van der Waals surface area contributed by atoms with Crippen LogP contribution in [0.2, 0.25) is 0 Å². The van der Waals surface area contributed by atoms with Gasteiger partial charge >= 0.3 is 5.97 Å². The molecule has 0 saturated carbocycles. The molecular formula is C13H18N2O4. The first-order valence-electron chi connectivity index (χ1n) is 6.51. The van der Waals surface area contributed by atoms with Crippen LogP contribution in [0.15, 0.2) is 10.6 Å². The minimum atomic E-state index is -0.160. The zero-order valence-corrected chi connectivity index (χ0v) is 11.2. The Morgan fingerprint density at radius 3 is 2.68 bits per heavy atom. The molecule has 0 atom stereocenters. The van der Waals surface area contributed by atoms with E-state index in [4.69, 9.17) is 9.26 Å². The predicted octanol–water partition coefficient (Wildman–Crippen LogP) is 1.40. The average Bonchev–Trinajstić information content (AvgIpc) is 2.85. The summed E-state index contributed by atoms with van der Waals surface area (Å²) in [5.74, 6) is 0.221. The number of amides is 1. The Morgan fingerprint density at radius 1 is 1.47 bits per heavy atom. The average molecular weight is 266 g/mol. The lowest BCUT2D eigenvalue weighted by atomic mass is 9.97. The van der Waals surface area contributed by atoms with Crippen molar-refractivity contribution in [3.05, 3.63) is 17.5 Å². The number of piperidine rings is 1. The summed E-state index contributed by atoms with van der Waals surface area (Å²) >= 11 is 0. The third kappa shape index (κ3) is 3.13. The number of rotatable bonds is 3. The molecule has 6 heteroatoms. The SMILES string of the molecule is CCOC(=O)C1CCN(C(=O)c2cc(C)on2)CC1. The molecule has 0 aliphatic carbocycles. The lowest BCUT2D eigenvalue weighted by Crippen LogP contribution is -2.40. The molecule has 1 amide bonds. The molecule has 0 bridgehead atoms. The number of carbonyl (C=O) groups excluding carboxylic acids is 2. The number of hydrogen-bond acceptors (Lipinski definition) is 5. The Balaban J connectivity index is 1.89. The van der Waals surface area contributed by atoms with Gasteiger partial charge in [0.05, 0.1) is 12.5 Å². The van der Waals surface area contributed by atoms with E-state index in [1.807, 2.05) is 0 Å². The van der Waals surface area contributed by atoms with Crippen molar-refractivity contribution < 1.29 is 18.8 Å². The van der Waals surface area contributed by atoms with Crippen LogP contribution in [0.25, 0.3) is 0 Å². The van der Waals surface area contributed by atoms with Crippen LogP contribution in [0.5, 0.6) is 0 Å². The Hall–Kier alpha value is -1.85. The van der Waals surface area contributed by atoms with Gasteiger partial charge in [-0.05, 0) is 26.7 Å². The van der Waals surface area contributed by atoms with Crippen LogP contribution >= 0.6 is 0 Å². The third-order valence-electron chi connectivity index (χ3n) is 3.25. The summed E-state index contributed by atoms with van der Waals surface area (Å²) in [6, 6.07) is 1.62. The van der Waals surface area contributed by atoms with Crippen LogP contribution in [-0.4, -0.2) is 41.6 Å². The van der Waals surface area contributed by atoms with Crippen molar-refractivity contribution in [1.29, 1.82) is 0 Å². The van der Waals surface area contributed by atoms with E-state index in [1.54, 1.807) is 24.8 Å². The summed E-state index contributed by atoms with van der Waals surface area (Å²) in [5.41, 5.74) is 0.326. The normalized spacial score (nSPS) is 16.4. The van der Waals surface area contributed by atoms with Gasteiger partial charge in [0, 0.05) is 19.2 Å². The van der Waals surface area contributed by atoms with Crippen molar-refractivity contribution in [1.82, 2.24) is 10.1 Å². The summed E-state index contributed by atoms with van der Waals surface area (Å²) < 4.78 is 9.89. The summed E-state index contributed by atoms with van der Waals surface area (Å²) in [7, 11) is 0. The van der Waals surface area contributed by atoms with E-state index in [0.29, 0.717) is 44.0 Å². The number of ether oxygens (including phenoxy) is 1. The highest BCUT2D eigenvalue weighted by Gasteiger charge is 2.29. The van der Waals surface area contributed by atoms with Gasteiger partial charge in [-0.3, -0.25) is 9.59 Å². The summed E-state index contributed by atoms with van der Waals surface area (Å²) in [4.78, 5) is 25.4. The smallest absolute Gasteiger partial charge is 0.309 e. The molecule has 0 aromatic carbocycles. The fraction of sp³-hybridized carbons (Fsp3) is 0.615. The highest BCUT2D eigenvalue weighted by Crippen LogP contribution is 2.20. The topological polar surface area (TPSA) is 72.6 Å². The van der Waals surface area contributed by atoms with Gasteiger partial charge in [-0.1, -0.05) is 5.16 Å². The second-order valence-electron chi connectivity index (χ2n) is 4.64. The maximum atomic E-state index is 12.1. The molecule has 6 nitrogen and oxygen atoms in total. The van der Waals surface area contributed by atoms with Crippen LogP contribution in [0, 0.1) is 12.8 Å². The van der Waals surface area contributed by atoms with E-state index >= 15 is 0 Å². The van der Waals surface area contributed by atoms with Gasteiger partial charge in [0.2, 0.25) is 0 Å². The summed E-state index contributed by atoms with van der Waals surface area (Å²) in [5, 5.41) is 3.72. The third-order valence-corrected chi connectivity index (χ3v) is 3.25. The first-order chi connectivity index (χ1) is 9.11. The van der Waals surface area contributed by atoms with E-state index in [2.05, 4.69) is 5.16 Å². The number of esters is 1. The number of aromatic nitrogens is 1. The number of likely N-dealkylation sites (tertiary alicyclic amines) is 1. The van der Waals surface area contributed by atoms with Crippen molar-refractivity contribution in [2.45, 2.75) is 26.7 Å². The van der Waals surface area contributed by atoms with Crippen molar-refractivity contribution in [3.63, 3.8) is 0 Å². The van der Waals surface area contributed by atoms with Gasteiger partial charge < -0.3 is 14.2 Å². The molecule has 1 saturated heterocycles. The maximum absolute atomic E-state index is 12.1. The zero-order valence-electron chi connectivity index (χ0n) is 11.2. The van der Waals surface area contributed by atoms with E-state index in [1.165, 1.54) is 0 Å². The Bertz CT molecular complexity index is 461. The highest BCUT2D eigenvalue weighted by atomic mass is 16.5. The minimum Gasteiger partial charge on any atom is -0.466 e. The number of hydrogen-bond donors (Lipinski definition) is 0. The minimum absolute atomic E-state index is 0.0944. The van der Waals surface area contributed by atoms with Crippen molar-refractivity contribution in [2.24, 2.45) is 5.92 Å². The molecule has 0 radical (unpaired) electrons. The van der Waals surface area contributed by atoms with Crippen LogP contribution in [0.1, 0.15) is 36.0 Å². The van der Waals surface area contributed by atoms with E-state index in [0.717, 1.165) is 0 Å². The number of aryl methyl sites for hydroxylation is 1. The Morgan fingerprint density at radius 2 is 2.16 bits per heavy atom. The Kier molecular flexibility index (Phi) is 4.19. The molecule has 2 rings (SSSR count). The van der Waals surface area contributed by atoms with Gasteiger partial charge in [0.15, 0.2) is 5.69 Å². The van der Waals surface area contributed by atoms with Crippen LogP contribution in [-0.2, 0) is 9.53 Å². The molecule has 104 valence electrons. The van der Waals surface area contributed by atoms with Gasteiger partial charge in [-0.25, -0.2) is 0 Å². The Labute approximate surface area is 111 Å². The second-order valence-corrected chi connectivity index (χ2v) is 4.64. The molecule has 0 N–H and O–H groups in total. The standard InChI is InChI=1S/C13H18N2O4/c1-3-18-13(17)10-4-6-15(7-5-10)12(16)11-8-9(2)19-14-11/h8,10H,3-7H2,1-2H3. The van der Waals surface area contributed by atoms with Crippen LogP contribution in [0.3, 0.4) is 0 Å². The summed E-state index contributed by atoms with van der Waals surface area (Å²) in [6.45, 7) is 5.04. The van der Waals surface area contributed by atoms with Gasteiger partial charge in [-0.15, -0.1) is 0 Å².